The number of aromatic nitrogens is 2. The van der Waals surface area contributed by atoms with E-state index in [4.69, 9.17) is 0 Å². The molecule has 0 aliphatic heterocycles. The van der Waals surface area contributed by atoms with E-state index in [-0.39, 0.29) is 11.6 Å². The maximum absolute atomic E-state index is 11.5. The number of hydrogen-bond acceptors (Lipinski definition) is 3. The van der Waals surface area contributed by atoms with Gasteiger partial charge in [-0.25, -0.2) is 18.1 Å². The van der Waals surface area contributed by atoms with Crippen LogP contribution in [0.3, 0.4) is 0 Å². The summed E-state index contributed by atoms with van der Waals surface area (Å²) in [4.78, 5) is 3.73. The van der Waals surface area contributed by atoms with Crippen LogP contribution in [0.1, 0.15) is 0 Å². The van der Waals surface area contributed by atoms with Crippen LogP contribution in [0.4, 0.5) is 0 Å². The van der Waals surface area contributed by atoms with Gasteiger partial charge in [-0.05, 0) is 0 Å². The lowest BCUT2D eigenvalue weighted by atomic mass is 10.7. The van der Waals surface area contributed by atoms with Gasteiger partial charge < -0.3 is 4.57 Å². The molecule has 0 bridgehead atoms. The molecule has 0 saturated heterocycles. The van der Waals surface area contributed by atoms with Crippen LogP contribution in [0.25, 0.3) is 0 Å². The molecule has 1 heterocycles. The second-order valence-corrected chi connectivity index (χ2v) is 5.55. The topological polar surface area (TPSA) is 64.0 Å². The number of imidazole rings is 1. The predicted octanol–water partition coefficient (Wildman–Crippen LogP) is 0.607. The average Bonchev–Trinajstić information content (AvgIpc) is 2.49. The van der Waals surface area contributed by atoms with Crippen molar-refractivity contribution in [1.82, 2.24) is 14.3 Å². The van der Waals surface area contributed by atoms with E-state index in [1.807, 2.05) is 0 Å². The monoisotopic (exact) mass is 279 g/mol. The molecule has 78 valence electrons. The van der Waals surface area contributed by atoms with Crippen molar-refractivity contribution in [3.63, 3.8) is 0 Å². The first-order valence-corrected chi connectivity index (χ1v) is 6.00. The highest BCUT2D eigenvalue weighted by Crippen LogP contribution is 2.05. The zero-order valence-electron chi connectivity index (χ0n) is 7.57. The van der Waals surface area contributed by atoms with Gasteiger partial charge in [0.1, 0.15) is 0 Å². The Morgan fingerprint density at radius 2 is 2.43 bits per heavy atom. The van der Waals surface area contributed by atoms with Crippen LogP contribution < -0.4 is 4.72 Å². The third-order valence-electron chi connectivity index (χ3n) is 1.41. The van der Waals surface area contributed by atoms with E-state index in [1.54, 1.807) is 11.6 Å². The third kappa shape index (κ3) is 2.93. The molecule has 0 aliphatic rings. The molecule has 1 rings (SSSR count). The van der Waals surface area contributed by atoms with Crippen molar-refractivity contribution in [3.05, 3.63) is 23.6 Å². The number of nitrogens with one attached hydrogen (secondary N) is 1. The summed E-state index contributed by atoms with van der Waals surface area (Å²) in [5.74, 6) is 0. The summed E-state index contributed by atoms with van der Waals surface area (Å²) >= 11 is 3.06. The SMILES string of the molecule is C=C(Br)CNS(=O)(=O)c1cn(C)cn1. The molecule has 1 N–H and O–H groups in total. The number of aryl methyl sites for hydroxylation is 1. The Morgan fingerprint density at radius 3 is 2.86 bits per heavy atom. The normalized spacial score (nSPS) is 11.6. The Morgan fingerprint density at radius 1 is 1.79 bits per heavy atom. The van der Waals surface area contributed by atoms with Crippen LogP contribution in [-0.4, -0.2) is 24.5 Å². The largest absolute Gasteiger partial charge is 0.339 e. The molecule has 0 radical (unpaired) electrons. The van der Waals surface area contributed by atoms with Crippen molar-refractivity contribution in [3.8, 4) is 0 Å². The van der Waals surface area contributed by atoms with Crippen molar-refractivity contribution in [2.75, 3.05) is 6.54 Å². The predicted molar refractivity (Wildman–Crippen MR) is 56.5 cm³/mol. The summed E-state index contributed by atoms with van der Waals surface area (Å²) in [7, 11) is -1.80. The van der Waals surface area contributed by atoms with Gasteiger partial charge >= 0.3 is 0 Å². The van der Waals surface area contributed by atoms with Gasteiger partial charge in [-0.3, -0.25) is 0 Å². The molecule has 7 heteroatoms. The first-order chi connectivity index (χ1) is 6.42. The molecule has 0 amide bonds. The van der Waals surface area contributed by atoms with Crippen LogP contribution in [0, 0.1) is 0 Å². The van der Waals surface area contributed by atoms with E-state index in [0.29, 0.717) is 4.48 Å². The molecule has 5 nitrogen and oxygen atoms in total. The van der Waals surface area contributed by atoms with E-state index >= 15 is 0 Å². The van der Waals surface area contributed by atoms with E-state index in [0.717, 1.165) is 0 Å². The molecule has 14 heavy (non-hydrogen) atoms. The van der Waals surface area contributed by atoms with Crippen molar-refractivity contribution in [1.29, 1.82) is 0 Å². The lowest BCUT2D eigenvalue weighted by Gasteiger charge is -2.01. The van der Waals surface area contributed by atoms with Crippen LogP contribution in [-0.2, 0) is 17.1 Å². The zero-order chi connectivity index (χ0) is 10.8. The lowest BCUT2D eigenvalue weighted by Crippen LogP contribution is -2.25. The van der Waals surface area contributed by atoms with Crippen molar-refractivity contribution >= 4 is 26.0 Å². The van der Waals surface area contributed by atoms with E-state index in [9.17, 15) is 8.42 Å². The molecule has 0 saturated carbocycles. The minimum absolute atomic E-state index is 0.00810. The molecule has 0 spiro atoms. The summed E-state index contributed by atoms with van der Waals surface area (Å²) in [6, 6.07) is 0. The first kappa shape index (κ1) is 11.4. The summed E-state index contributed by atoms with van der Waals surface area (Å²) in [6.07, 6.45) is 2.86. The summed E-state index contributed by atoms with van der Waals surface area (Å²) in [6.45, 7) is 3.67. The van der Waals surface area contributed by atoms with Gasteiger partial charge in [0.15, 0.2) is 5.03 Å². The van der Waals surface area contributed by atoms with Gasteiger partial charge in [0.05, 0.1) is 6.33 Å². The van der Waals surface area contributed by atoms with Crippen LogP contribution in [0.15, 0.2) is 28.6 Å². The molecule has 0 atom stereocenters. The second-order valence-electron chi connectivity index (χ2n) is 2.72. The molecule has 0 aromatic carbocycles. The summed E-state index contributed by atoms with van der Waals surface area (Å²) < 4.78 is 27.5. The van der Waals surface area contributed by atoms with Crippen LogP contribution in [0.2, 0.25) is 0 Å². The Labute approximate surface area is 91.0 Å². The fourth-order valence-electron chi connectivity index (χ4n) is 0.775. The van der Waals surface area contributed by atoms with Crippen molar-refractivity contribution < 1.29 is 8.42 Å². The zero-order valence-corrected chi connectivity index (χ0v) is 9.97. The molecule has 0 fully saturated rings. The summed E-state index contributed by atoms with van der Waals surface area (Å²) in [5, 5.41) is 0.00810. The fourth-order valence-corrected chi connectivity index (χ4v) is 2.10. The number of nitrogens with zero attached hydrogens (tertiary/aromatic N) is 2. The van der Waals surface area contributed by atoms with Gasteiger partial charge in [0, 0.05) is 24.3 Å². The van der Waals surface area contributed by atoms with Crippen molar-refractivity contribution in [2.24, 2.45) is 7.05 Å². The third-order valence-corrected chi connectivity index (χ3v) is 2.98. The van der Waals surface area contributed by atoms with E-state index in [1.165, 1.54) is 12.5 Å². The minimum Gasteiger partial charge on any atom is -0.339 e. The molecule has 1 aromatic heterocycles. The number of sulfonamides is 1. The van der Waals surface area contributed by atoms with Crippen molar-refractivity contribution in [2.45, 2.75) is 5.03 Å². The Hall–Kier alpha value is -0.660. The second kappa shape index (κ2) is 4.24. The molecule has 0 aliphatic carbocycles. The number of rotatable bonds is 4. The lowest BCUT2D eigenvalue weighted by molar-refractivity contribution is 0.582. The van der Waals surface area contributed by atoms with Crippen LogP contribution >= 0.6 is 15.9 Å². The first-order valence-electron chi connectivity index (χ1n) is 3.73. The van der Waals surface area contributed by atoms with Gasteiger partial charge in [0.25, 0.3) is 10.0 Å². The molecule has 0 unspecified atom stereocenters. The smallest absolute Gasteiger partial charge is 0.259 e. The fraction of sp³-hybridized carbons (Fsp3) is 0.286. The Balaban J connectivity index is 2.81. The van der Waals surface area contributed by atoms with Gasteiger partial charge in [-0.1, -0.05) is 22.5 Å². The maximum Gasteiger partial charge on any atom is 0.259 e. The number of hydrogen-bond donors (Lipinski definition) is 1. The van der Waals surface area contributed by atoms with Gasteiger partial charge in [-0.2, -0.15) is 0 Å². The minimum atomic E-state index is -3.51. The van der Waals surface area contributed by atoms with E-state index < -0.39 is 10.0 Å². The Bertz CT molecular complexity index is 438. The highest BCUT2D eigenvalue weighted by Gasteiger charge is 2.15. The highest BCUT2D eigenvalue weighted by molar-refractivity contribution is 9.11. The standard InChI is InChI=1S/C7H10BrN3O2S/c1-6(8)3-10-14(12,13)7-4-11(2)5-9-7/h4-5,10H,1,3H2,2H3. The molecule has 1 aromatic rings. The van der Waals surface area contributed by atoms with Crippen LogP contribution in [0.5, 0.6) is 0 Å². The average molecular weight is 280 g/mol. The highest BCUT2D eigenvalue weighted by atomic mass is 79.9. The Kier molecular flexibility index (Phi) is 3.46. The van der Waals surface area contributed by atoms with Gasteiger partial charge in [0.2, 0.25) is 0 Å². The van der Waals surface area contributed by atoms with Gasteiger partial charge in [-0.15, -0.1) is 0 Å². The van der Waals surface area contributed by atoms with E-state index in [2.05, 4.69) is 32.2 Å². The molecular weight excluding hydrogens is 270 g/mol. The quantitative estimate of drug-likeness (QED) is 0.878. The molecular formula is C7H10BrN3O2S. The maximum atomic E-state index is 11.5. The summed E-state index contributed by atoms with van der Waals surface area (Å²) in [5.41, 5.74) is 0. The number of halogens is 1.